The zero-order chi connectivity index (χ0) is 39.8. The average molecular weight is 768 g/mol. The molecule has 306 valence electrons. The third-order valence-electron chi connectivity index (χ3n) is 9.85. The number of ether oxygens (including phenoxy) is 9. The minimum Gasteiger partial charge on any atom is -0.493 e. The first kappa shape index (κ1) is 44.5. The van der Waals surface area contributed by atoms with Gasteiger partial charge in [-0.05, 0) is 68.6 Å². The molecular formula is C38H61N3O13. The standard InChI is InChI=1S/C38H61N3O13/c1-24(2)27(14-26-10-11-31(47-8)33(15-26)50-13-9-12-46-7)16-30-32(17-29(25(3)4)34(42)40-20-38(5,6)35(39)43)51-21-41(30)36(44)52-23-53-37(45)54-28-18-48-22-49-19-28/h10-11,15,24-25,27-30,32H,9,12-14,16-23H2,1-8H3,(H2,39,43)(H,40,42). The normalized spacial score (nSPS) is 19.0. The molecule has 0 bridgehead atoms. The van der Waals surface area contributed by atoms with E-state index < -0.39 is 54.5 Å². The lowest BCUT2D eigenvalue weighted by Gasteiger charge is -2.33. The lowest BCUT2D eigenvalue weighted by Crippen LogP contribution is -2.47. The number of nitrogens with one attached hydrogen (secondary N) is 1. The molecule has 3 amide bonds. The van der Waals surface area contributed by atoms with Crippen molar-refractivity contribution in [2.45, 2.75) is 85.5 Å². The van der Waals surface area contributed by atoms with Crippen LogP contribution in [0.5, 0.6) is 11.5 Å². The van der Waals surface area contributed by atoms with Gasteiger partial charge in [0, 0.05) is 32.6 Å². The summed E-state index contributed by atoms with van der Waals surface area (Å²) in [5.41, 5.74) is 5.63. The molecule has 4 atom stereocenters. The van der Waals surface area contributed by atoms with Crippen LogP contribution in [0.1, 0.15) is 66.4 Å². The monoisotopic (exact) mass is 767 g/mol. The SMILES string of the molecule is COCCCOc1cc(CC(CC2C(CC(C(=O)NCC(C)(C)C(N)=O)C(C)C)OCN2C(=O)OCOC(=O)OC2COCOC2)C(C)C)ccc1OC. The van der Waals surface area contributed by atoms with Gasteiger partial charge in [0.1, 0.15) is 13.5 Å². The quantitative estimate of drug-likeness (QED) is 0.103. The van der Waals surface area contributed by atoms with Gasteiger partial charge >= 0.3 is 12.2 Å². The minimum absolute atomic E-state index is 0.0538. The molecule has 4 unspecified atom stereocenters. The second-order valence-corrected chi connectivity index (χ2v) is 15.1. The molecule has 2 heterocycles. The van der Waals surface area contributed by atoms with Crippen LogP contribution in [-0.2, 0) is 49.2 Å². The van der Waals surface area contributed by atoms with Crippen molar-refractivity contribution in [3.8, 4) is 11.5 Å². The Balaban J connectivity index is 1.80. The van der Waals surface area contributed by atoms with Gasteiger partial charge in [0.25, 0.3) is 0 Å². The van der Waals surface area contributed by atoms with E-state index in [2.05, 4.69) is 19.2 Å². The van der Waals surface area contributed by atoms with Crippen LogP contribution in [0.25, 0.3) is 0 Å². The van der Waals surface area contributed by atoms with E-state index in [0.717, 1.165) is 12.0 Å². The second kappa shape index (κ2) is 21.9. The van der Waals surface area contributed by atoms with Crippen LogP contribution in [0, 0.1) is 29.1 Å². The van der Waals surface area contributed by atoms with Crippen molar-refractivity contribution in [1.29, 1.82) is 0 Å². The largest absolute Gasteiger partial charge is 0.511 e. The maximum atomic E-state index is 13.6. The van der Waals surface area contributed by atoms with Gasteiger partial charge in [-0.1, -0.05) is 33.8 Å². The molecule has 3 N–H and O–H groups in total. The van der Waals surface area contributed by atoms with Crippen LogP contribution in [0.2, 0.25) is 0 Å². The Morgan fingerprint density at radius 2 is 1.70 bits per heavy atom. The Hall–Kier alpha value is -3.86. The molecule has 0 aromatic heterocycles. The highest BCUT2D eigenvalue weighted by atomic mass is 16.8. The number of rotatable bonds is 21. The van der Waals surface area contributed by atoms with Crippen molar-refractivity contribution in [3.05, 3.63) is 23.8 Å². The molecule has 1 aromatic carbocycles. The fourth-order valence-corrected chi connectivity index (χ4v) is 6.20. The highest BCUT2D eigenvalue weighted by Gasteiger charge is 2.43. The van der Waals surface area contributed by atoms with Crippen LogP contribution < -0.4 is 20.5 Å². The van der Waals surface area contributed by atoms with Gasteiger partial charge in [0.2, 0.25) is 18.6 Å². The van der Waals surface area contributed by atoms with Crippen molar-refractivity contribution in [1.82, 2.24) is 10.2 Å². The zero-order valence-electron chi connectivity index (χ0n) is 33.1. The van der Waals surface area contributed by atoms with Crippen LogP contribution in [0.4, 0.5) is 9.59 Å². The number of amides is 3. The Labute approximate surface area is 318 Å². The summed E-state index contributed by atoms with van der Waals surface area (Å²) in [5.74, 6) is 0.149. The second-order valence-electron chi connectivity index (χ2n) is 15.1. The lowest BCUT2D eigenvalue weighted by atomic mass is 9.80. The molecule has 2 fully saturated rings. The molecule has 3 rings (SSSR count). The number of nitrogens with two attached hydrogens (primary N) is 1. The molecule has 0 radical (unpaired) electrons. The molecule has 2 aliphatic heterocycles. The summed E-state index contributed by atoms with van der Waals surface area (Å²) in [7, 11) is 3.24. The third kappa shape index (κ3) is 13.8. The van der Waals surface area contributed by atoms with E-state index in [-0.39, 0.29) is 56.9 Å². The van der Waals surface area contributed by atoms with Gasteiger partial charge in [-0.2, -0.15) is 0 Å². The first-order valence-electron chi connectivity index (χ1n) is 18.6. The first-order valence-corrected chi connectivity index (χ1v) is 18.6. The molecule has 2 saturated heterocycles. The number of hydrogen-bond acceptors (Lipinski definition) is 13. The van der Waals surface area contributed by atoms with Crippen LogP contribution in [0.15, 0.2) is 18.2 Å². The van der Waals surface area contributed by atoms with E-state index >= 15 is 0 Å². The van der Waals surface area contributed by atoms with E-state index in [1.54, 1.807) is 28.1 Å². The number of methoxy groups -OCH3 is 2. The molecular weight excluding hydrogens is 706 g/mol. The van der Waals surface area contributed by atoms with Crippen molar-refractivity contribution in [2.24, 2.45) is 34.8 Å². The number of nitrogens with zero attached hydrogens (tertiary/aromatic N) is 1. The fourth-order valence-electron chi connectivity index (χ4n) is 6.20. The van der Waals surface area contributed by atoms with Crippen molar-refractivity contribution >= 4 is 24.1 Å². The Morgan fingerprint density at radius 1 is 0.981 bits per heavy atom. The molecule has 1 aromatic rings. The minimum atomic E-state index is -1.03. The van der Waals surface area contributed by atoms with Crippen LogP contribution in [0.3, 0.4) is 0 Å². The predicted molar refractivity (Wildman–Crippen MR) is 195 cm³/mol. The summed E-state index contributed by atoms with van der Waals surface area (Å²) < 4.78 is 48.7. The van der Waals surface area contributed by atoms with Gasteiger partial charge in [-0.3, -0.25) is 14.5 Å². The topological polar surface area (TPSA) is 193 Å². The Morgan fingerprint density at radius 3 is 2.33 bits per heavy atom. The van der Waals surface area contributed by atoms with E-state index in [1.165, 1.54) is 4.90 Å². The van der Waals surface area contributed by atoms with Gasteiger partial charge in [-0.15, -0.1) is 0 Å². The molecule has 16 nitrogen and oxygen atoms in total. The summed E-state index contributed by atoms with van der Waals surface area (Å²) in [6.45, 7) is 12.3. The van der Waals surface area contributed by atoms with Gasteiger partial charge in [-0.25, -0.2) is 9.59 Å². The lowest BCUT2D eigenvalue weighted by molar-refractivity contribution is -0.160. The van der Waals surface area contributed by atoms with Crippen molar-refractivity contribution in [3.63, 3.8) is 0 Å². The van der Waals surface area contributed by atoms with E-state index in [1.807, 2.05) is 32.0 Å². The number of primary amides is 1. The highest BCUT2D eigenvalue weighted by molar-refractivity contribution is 5.83. The summed E-state index contributed by atoms with van der Waals surface area (Å²) in [6, 6.07) is 5.37. The number of carbonyl (C=O) groups excluding carboxylic acids is 4. The van der Waals surface area contributed by atoms with E-state index in [4.69, 9.17) is 48.4 Å². The average Bonchev–Trinajstić information content (AvgIpc) is 3.53. The van der Waals surface area contributed by atoms with Crippen LogP contribution in [-0.4, -0.2) is 115 Å². The van der Waals surface area contributed by atoms with Gasteiger partial charge in [0.15, 0.2) is 17.6 Å². The smallest absolute Gasteiger partial charge is 0.493 e. The summed E-state index contributed by atoms with van der Waals surface area (Å²) in [5, 5.41) is 2.90. The van der Waals surface area contributed by atoms with Crippen LogP contribution >= 0.6 is 0 Å². The Kier molecular flexibility index (Phi) is 18.0. The van der Waals surface area contributed by atoms with E-state index in [9.17, 15) is 19.2 Å². The van der Waals surface area contributed by atoms with Crippen molar-refractivity contribution < 1.29 is 61.8 Å². The molecule has 0 spiro atoms. The van der Waals surface area contributed by atoms with Gasteiger partial charge < -0.3 is 53.7 Å². The van der Waals surface area contributed by atoms with Crippen molar-refractivity contribution in [2.75, 3.05) is 67.5 Å². The fraction of sp³-hybridized carbons (Fsp3) is 0.737. The maximum absolute atomic E-state index is 13.6. The Bertz CT molecular complexity index is 1350. The van der Waals surface area contributed by atoms with Gasteiger partial charge in [0.05, 0.1) is 44.5 Å². The number of hydrogen-bond donors (Lipinski definition) is 2. The highest BCUT2D eigenvalue weighted by Crippen LogP contribution is 2.36. The molecule has 54 heavy (non-hydrogen) atoms. The summed E-state index contributed by atoms with van der Waals surface area (Å²) in [6.07, 6.45) is -0.745. The zero-order valence-corrected chi connectivity index (χ0v) is 33.1. The third-order valence-corrected chi connectivity index (χ3v) is 9.85. The predicted octanol–water partition coefficient (Wildman–Crippen LogP) is 4.25. The maximum Gasteiger partial charge on any atom is 0.511 e. The molecule has 16 heteroatoms. The number of benzene rings is 1. The molecule has 2 aliphatic rings. The number of carbonyl (C=O) groups is 4. The summed E-state index contributed by atoms with van der Waals surface area (Å²) >= 11 is 0. The first-order chi connectivity index (χ1) is 25.7. The van der Waals surface area contributed by atoms with E-state index in [0.29, 0.717) is 44.0 Å². The summed E-state index contributed by atoms with van der Waals surface area (Å²) in [4.78, 5) is 52.7. The molecule has 0 saturated carbocycles. The molecule has 0 aliphatic carbocycles.